The van der Waals surface area contributed by atoms with Crippen LogP contribution >= 0.6 is 11.6 Å². The highest BCUT2D eigenvalue weighted by Gasteiger charge is 2.42. The Morgan fingerprint density at radius 2 is 1.64 bits per heavy atom. The number of hydrogen-bond acceptors (Lipinski definition) is 5. The van der Waals surface area contributed by atoms with Gasteiger partial charge in [0.2, 0.25) is 5.91 Å². The number of carbonyl (C=O) groups excluding carboxylic acids is 3. The molecule has 0 N–H and O–H groups in total. The summed E-state index contributed by atoms with van der Waals surface area (Å²) in [5.41, 5.74) is 0.0438. The Hall–Kier alpha value is -3.38. The third kappa shape index (κ3) is 7.89. The minimum absolute atomic E-state index is 0.00664. The fraction of sp³-hybridized carbons (Fsp3) is 0.531. The van der Waals surface area contributed by atoms with Gasteiger partial charge in [-0.2, -0.15) is 13.2 Å². The summed E-state index contributed by atoms with van der Waals surface area (Å²) in [7, 11) is 0. The second-order valence-corrected chi connectivity index (χ2v) is 12.7. The number of likely N-dealkylation sites (tertiary alicyclic amines) is 3. The molecule has 3 aliphatic rings. The topological polar surface area (TPSA) is 73.4 Å². The first kappa shape index (κ1) is 33.0. The number of anilines is 1. The summed E-state index contributed by atoms with van der Waals surface area (Å²) in [5.74, 6) is -1.38. The van der Waals surface area contributed by atoms with Crippen molar-refractivity contribution in [3.63, 3.8) is 0 Å². The molecule has 3 heterocycles. The molecule has 0 aliphatic carbocycles. The molecule has 3 saturated heterocycles. The van der Waals surface area contributed by atoms with Crippen molar-refractivity contribution in [1.29, 1.82) is 0 Å². The van der Waals surface area contributed by atoms with Crippen molar-refractivity contribution in [2.45, 2.75) is 45.4 Å². The number of rotatable bonds is 7. The Labute approximate surface area is 264 Å². The summed E-state index contributed by atoms with van der Waals surface area (Å²) < 4.78 is 59.2. The number of hydrogen-bond donors (Lipinski definition) is 0. The van der Waals surface area contributed by atoms with E-state index in [0.29, 0.717) is 94.5 Å². The van der Waals surface area contributed by atoms with Crippen LogP contribution in [0.5, 0.6) is 0 Å². The Morgan fingerprint density at radius 3 is 2.24 bits per heavy atom. The van der Waals surface area contributed by atoms with Crippen molar-refractivity contribution < 1.29 is 36.7 Å². The molecule has 3 aliphatic heterocycles. The second kappa shape index (κ2) is 13.5. The molecule has 0 aromatic heterocycles. The predicted molar refractivity (Wildman–Crippen MR) is 161 cm³/mol. The molecule has 0 saturated carbocycles. The fourth-order valence-corrected chi connectivity index (χ4v) is 6.70. The largest absolute Gasteiger partial charge is 0.446 e. The first-order chi connectivity index (χ1) is 21.3. The Kier molecular flexibility index (Phi) is 9.93. The van der Waals surface area contributed by atoms with Gasteiger partial charge in [-0.25, -0.2) is 9.18 Å². The standard InChI is InChI=1S/C32H37ClF4N4O4/c1-20-4-5-27(15-29(20)33)41(31(44)45-28-6-10-39(11-7-28)21(2)42)9-3-8-38-16-23-18-40(19-24(23)17-38)30(43)22-12-25(32(35,36)37)14-26(34)13-22/h4-5,12-15,23-24,28H,3,6-11,16-19H2,1-2H3. The molecule has 0 bridgehead atoms. The van der Waals surface area contributed by atoms with Crippen molar-refractivity contribution in [2.24, 2.45) is 11.8 Å². The highest BCUT2D eigenvalue weighted by atomic mass is 35.5. The number of piperidine rings is 1. The second-order valence-electron chi connectivity index (χ2n) is 12.2. The van der Waals surface area contributed by atoms with Crippen LogP contribution in [0, 0.1) is 24.6 Å². The molecule has 45 heavy (non-hydrogen) atoms. The third-order valence-corrected chi connectivity index (χ3v) is 9.43. The van der Waals surface area contributed by atoms with Gasteiger partial charge in [0.05, 0.1) is 5.56 Å². The number of ether oxygens (including phenoxy) is 1. The molecule has 13 heteroatoms. The lowest BCUT2D eigenvalue weighted by Gasteiger charge is -2.32. The molecule has 2 aromatic carbocycles. The van der Waals surface area contributed by atoms with Crippen molar-refractivity contribution in [1.82, 2.24) is 14.7 Å². The van der Waals surface area contributed by atoms with Crippen LogP contribution in [0.15, 0.2) is 36.4 Å². The maximum atomic E-state index is 13.9. The van der Waals surface area contributed by atoms with Gasteiger partial charge < -0.3 is 19.4 Å². The van der Waals surface area contributed by atoms with Gasteiger partial charge >= 0.3 is 12.3 Å². The number of fused-ring (bicyclic) bond motifs is 1. The van der Waals surface area contributed by atoms with E-state index in [1.54, 1.807) is 15.9 Å². The van der Waals surface area contributed by atoms with E-state index >= 15 is 0 Å². The fourth-order valence-electron chi connectivity index (χ4n) is 6.52. The normalized spacial score (nSPS) is 20.8. The SMILES string of the molecule is CC(=O)N1CCC(OC(=O)N(CCCN2CC3CN(C(=O)c4cc(F)cc(C(F)(F)F)c4)CC3C2)c2ccc(C)c(Cl)c2)CC1. The Balaban J connectivity index is 1.15. The van der Waals surface area contributed by atoms with E-state index in [2.05, 4.69) is 4.90 Å². The average molecular weight is 653 g/mol. The number of benzene rings is 2. The number of nitrogens with zero attached hydrogens (tertiary/aromatic N) is 4. The van der Waals surface area contributed by atoms with Crippen molar-refractivity contribution in [2.75, 3.05) is 57.3 Å². The summed E-state index contributed by atoms with van der Waals surface area (Å²) in [5, 5.41) is 0.541. The molecular weight excluding hydrogens is 616 g/mol. The maximum Gasteiger partial charge on any atom is 0.416 e. The molecular formula is C32H37ClF4N4O4. The van der Waals surface area contributed by atoms with Gasteiger partial charge in [0, 0.05) is 81.9 Å². The van der Waals surface area contributed by atoms with Gasteiger partial charge in [-0.05, 0) is 67.6 Å². The van der Waals surface area contributed by atoms with Gasteiger partial charge in [-0.15, -0.1) is 0 Å². The third-order valence-electron chi connectivity index (χ3n) is 9.02. The van der Waals surface area contributed by atoms with Crippen molar-refractivity contribution >= 4 is 35.2 Å². The molecule has 2 aromatic rings. The van der Waals surface area contributed by atoms with Crippen LogP contribution < -0.4 is 4.90 Å². The van der Waals surface area contributed by atoms with E-state index in [-0.39, 0.29) is 29.4 Å². The maximum absolute atomic E-state index is 13.9. The molecule has 2 unspecified atom stereocenters. The molecule has 2 atom stereocenters. The first-order valence-corrected chi connectivity index (χ1v) is 15.6. The number of alkyl halides is 3. The van der Waals surface area contributed by atoms with Crippen LogP contribution in [0.25, 0.3) is 0 Å². The molecule has 244 valence electrons. The zero-order chi connectivity index (χ0) is 32.5. The highest BCUT2D eigenvalue weighted by Crippen LogP contribution is 2.34. The summed E-state index contributed by atoms with van der Waals surface area (Å²) in [4.78, 5) is 45.1. The van der Waals surface area contributed by atoms with Crippen LogP contribution in [0.4, 0.5) is 28.0 Å². The molecule has 8 nitrogen and oxygen atoms in total. The minimum atomic E-state index is -4.74. The summed E-state index contributed by atoms with van der Waals surface area (Å²) in [6.45, 7) is 7.78. The van der Waals surface area contributed by atoms with E-state index < -0.39 is 29.6 Å². The molecule has 5 rings (SSSR count). The Bertz CT molecular complexity index is 1420. The number of halogens is 5. The molecule has 0 spiro atoms. The molecule has 3 amide bonds. The average Bonchev–Trinajstić information content (AvgIpc) is 3.55. The van der Waals surface area contributed by atoms with Gasteiger partial charge in [0.1, 0.15) is 11.9 Å². The zero-order valence-corrected chi connectivity index (χ0v) is 26.0. The van der Waals surface area contributed by atoms with E-state index in [0.717, 1.165) is 11.6 Å². The Morgan fingerprint density at radius 1 is 0.978 bits per heavy atom. The van der Waals surface area contributed by atoms with Gasteiger partial charge in [0.15, 0.2) is 0 Å². The summed E-state index contributed by atoms with van der Waals surface area (Å²) >= 11 is 6.38. The van der Waals surface area contributed by atoms with Crippen LogP contribution in [0.2, 0.25) is 5.02 Å². The minimum Gasteiger partial charge on any atom is -0.446 e. The van der Waals surface area contributed by atoms with E-state index in [1.807, 2.05) is 19.1 Å². The molecule has 3 fully saturated rings. The lowest BCUT2D eigenvalue weighted by Crippen LogP contribution is -2.43. The monoisotopic (exact) mass is 652 g/mol. The van der Waals surface area contributed by atoms with E-state index in [9.17, 15) is 31.9 Å². The van der Waals surface area contributed by atoms with Gasteiger partial charge in [-0.3, -0.25) is 14.5 Å². The van der Waals surface area contributed by atoms with Crippen molar-refractivity contribution in [3.8, 4) is 0 Å². The smallest absolute Gasteiger partial charge is 0.416 e. The number of carbonyl (C=O) groups is 3. The first-order valence-electron chi connectivity index (χ1n) is 15.2. The van der Waals surface area contributed by atoms with Crippen molar-refractivity contribution in [3.05, 3.63) is 63.9 Å². The lowest BCUT2D eigenvalue weighted by atomic mass is 10.0. The van der Waals surface area contributed by atoms with Gasteiger partial charge in [-0.1, -0.05) is 17.7 Å². The quantitative estimate of drug-likeness (QED) is 0.351. The summed E-state index contributed by atoms with van der Waals surface area (Å²) in [6, 6.07) is 7.39. The lowest BCUT2D eigenvalue weighted by molar-refractivity contribution is -0.137. The number of aryl methyl sites for hydroxylation is 1. The van der Waals surface area contributed by atoms with Crippen LogP contribution in [-0.2, 0) is 15.7 Å². The van der Waals surface area contributed by atoms with Crippen LogP contribution in [0.3, 0.4) is 0 Å². The summed E-state index contributed by atoms with van der Waals surface area (Å²) in [6.07, 6.45) is -3.69. The van der Waals surface area contributed by atoms with Crippen LogP contribution in [-0.4, -0.2) is 91.1 Å². The van der Waals surface area contributed by atoms with E-state index in [1.165, 1.54) is 11.8 Å². The van der Waals surface area contributed by atoms with Crippen LogP contribution in [0.1, 0.15) is 47.7 Å². The molecule has 0 radical (unpaired) electrons. The van der Waals surface area contributed by atoms with E-state index in [4.69, 9.17) is 16.3 Å². The number of amides is 3. The zero-order valence-electron chi connectivity index (χ0n) is 25.3. The predicted octanol–water partition coefficient (Wildman–Crippen LogP) is 5.85. The highest BCUT2D eigenvalue weighted by molar-refractivity contribution is 6.31. The van der Waals surface area contributed by atoms with Gasteiger partial charge in [0.25, 0.3) is 5.91 Å².